The molecular formula is C15H26N4O. The molecule has 2 atom stereocenters. The van der Waals surface area contributed by atoms with Crippen LogP contribution in [0.1, 0.15) is 43.6 Å². The maximum Gasteiger partial charge on any atom is 0.268 e. The standard InChI is InChI=1S/C15H26N4O/c1-4-6-19-10-12(16)9-14(19)15(20)17-13-5-7-18(3)11(2)8-13/h9-11,13H,4-8,16H2,1-3H3,(H,17,20). The van der Waals surface area contributed by atoms with Crippen LogP contribution < -0.4 is 11.1 Å². The molecule has 0 spiro atoms. The summed E-state index contributed by atoms with van der Waals surface area (Å²) in [7, 11) is 2.13. The number of nitrogens with two attached hydrogens (primary N) is 1. The molecule has 0 bridgehead atoms. The largest absolute Gasteiger partial charge is 0.397 e. The normalized spacial score (nSPS) is 23.8. The predicted octanol–water partition coefficient (Wildman–Crippen LogP) is 1.69. The van der Waals surface area contributed by atoms with Crippen LogP contribution in [0, 0.1) is 0 Å². The van der Waals surface area contributed by atoms with E-state index in [1.807, 2.05) is 10.8 Å². The number of hydrogen-bond acceptors (Lipinski definition) is 3. The Balaban J connectivity index is 2.01. The third kappa shape index (κ3) is 3.33. The number of nitrogen functional groups attached to an aromatic ring is 1. The molecule has 1 aromatic rings. The number of carbonyl (C=O) groups is 1. The molecule has 1 aliphatic heterocycles. The summed E-state index contributed by atoms with van der Waals surface area (Å²) in [5.74, 6) is -0.00287. The molecule has 5 nitrogen and oxygen atoms in total. The van der Waals surface area contributed by atoms with Gasteiger partial charge in [0, 0.05) is 31.4 Å². The fourth-order valence-corrected chi connectivity index (χ4v) is 2.83. The van der Waals surface area contributed by atoms with E-state index in [4.69, 9.17) is 5.73 Å². The molecule has 0 aromatic carbocycles. The lowest BCUT2D eigenvalue weighted by molar-refractivity contribution is 0.0887. The minimum atomic E-state index is -0.00287. The third-order valence-electron chi connectivity index (χ3n) is 4.16. The number of aryl methyl sites for hydroxylation is 1. The highest BCUT2D eigenvalue weighted by atomic mass is 16.2. The van der Waals surface area contributed by atoms with Crippen LogP contribution in [0.2, 0.25) is 0 Å². The predicted molar refractivity (Wildman–Crippen MR) is 81.7 cm³/mol. The molecule has 1 saturated heterocycles. The molecule has 1 aromatic heterocycles. The molecule has 0 aliphatic carbocycles. The first-order valence-electron chi connectivity index (χ1n) is 7.48. The minimum absolute atomic E-state index is 0.00287. The van der Waals surface area contributed by atoms with Crippen LogP contribution >= 0.6 is 0 Å². The van der Waals surface area contributed by atoms with Gasteiger partial charge in [-0.05, 0) is 39.3 Å². The Labute approximate surface area is 121 Å². The van der Waals surface area contributed by atoms with E-state index in [0.717, 1.165) is 32.4 Å². The number of carbonyl (C=O) groups excluding carboxylic acids is 1. The van der Waals surface area contributed by atoms with Gasteiger partial charge in [0.2, 0.25) is 0 Å². The number of piperidine rings is 1. The van der Waals surface area contributed by atoms with Crippen molar-refractivity contribution >= 4 is 11.6 Å². The van der Waals surface area contributed by atoms with E-state index in [0.29, 0.717) is 17.4 Å². The van der Waals surface area contributed by atoms with Crippen molar-refractivity contribution in [1.82, 2.24) is 14.8 Å². The molecule has 2 rings (SSSR count). The number of anilines is 1. The molecule has 1 fully saturated rings. The van der Waals surface area contributed by atoms with Crippen LogP contribution in [-0.4, -0.2) is 41.1 Å². The number of amides is 1. The Kier molecular flexibility index (Phi) is 4.70. The molecule has 1 aliphatic rings. The molecule has 5 heteroatoms. The van der Waals surface area contributed by atoms with E-state index in [-0.39, 0.29) is 11.9 Å². The first-order chi connectivity index (χ1) is 9.51. The Morgan fingerprint density at radius 3 is 2.95 bits per heavy atom. The Morgan fingerprint density at radius 1 is 1.55 bits per heavy atom. The van der Waals surface area contributed by atoms with Crippen LogP contribution in [0.3, 0.4) is 0 Å². The molecule has 2 unspecified atom stereocenters. The van der Waals surface area contributed by atoms with Crippen molar-refractivity contribution in [2.45, 2.75) is 51.7 Å². The Morgan fingerprint density at radius 2 is 2.30 bits per heavy atom. The Bertz CT molecular complexity index is 468. The van der Waals surface area contributed by atoms with E-state index in [1.165, 1.54) is 0 Å². The van der Waals surface area contributed by atoms with Gasteiger partial charge in [-0.25, -0.2) is 0 Å². The summed E-state index contributed by atoms with van der Waals surface area (Å²) in [5.41, 5.74) is 7.14. The zero-order valence-corrected chi connectivity index (χ0v) is 12.7. The van der Waals surface area contributed by atoms with Crippen molar-refractivity contribution in [3.63, 3.8) is 0 Å². The fourth-order valence-electron chi connectivity index (χ4n) is 2.83. The molecule has 2 heterocycles. The highest BCUT2D eigenvalue weighted by Gasteiger charge is 2.25. The van der Waals surface area contributed by atoms with Gasteiger partial charge in [0.15, 0.2) is 0 Å². The molecule has 0 saturated carbocycles. The van der Waals surface area contributed by atoms with E-state index >= 15 is 0 Å². The highest BCUT2D eigenvalue weighted by molar-refractivity contribution is 5.94. The zero-order valence-electron chi connectivity index (χ0n) is 12.7. The fraction of sp³-hybridized carbons (Fsp3) is 0.667. The maximum absolute atomic E-state index is 12.4. The highest BCUT2D eigenvalue weighted by Crippen LogP contribution is 2.17. The van der Waals surface area contributed by atoms with Crippen LogP contribution in [0.15, 0.2) is 12.3 Å². The van der Waals surface area contributed by atoms with Gasteiger partial charge in [-0.2, -0.15) is 0 Å². The van der Waals surface area contributed by atoms with Gasteiger partial charge >= 0.3 is 0 Å². The van der Waals surface area contributed by atoms with Crippen LogP contribution in [0.5, 0.6) is 0 Å². The van der Waals surface area contributed by atoms with Crippen molar-refractivity contribution in [3.05, 3.63) is 18.0 Å². The quantitative estimate of drug-likeness (QED) is 0.881. The van der Waals surface area contributed by atoms with Crippen molar-refractivity contribution in [3.8, 4) is 0 Å². The van der Waals surface area contributed by atoms with E-state index in [1.54, 1.807) is 6.07 Å². The van der Waals surface area contributed by atoms with Gasteiger partial charge in [-0.3, -0.25) is 4.79 Å². The van der Waals surface area contributed by atoms with Crippen molar-refractivity contribution in [1.29, 1.82) is 0 Å². The van der Waals surface area contributed by atoms with Crippen molar-refractivity contribution in [2.24, 2.45) is 0 Å². The van der Waals surface area contributed by atoms with Crippen molar-refractivity contribution < 1.29 is 4.79 Å². The lowest BCUT2D eigenvalue weighted by Gasteiger charge is -2.35. The monoisotopic (exact) mass is 278 g/mol. The molecule has 3 N–H and O–H groups in total. The summed E-state index contributed by atoms with van der Waals surface area (Å²) < 4.78 is 1.95. The van der Waals surface area contributed by atoms with Crippen LogP contribution in [-0.2, 0) is 6.54 Å². The average molecular weight is 278 g/mol. The molecule has 0 radical (unpaired) electrons. The third-order valence-corrected chi connectivity index (χ3v) is 4.16. The summed E-state index contributed by atoms with van der Waals surface area (Å²) in [6.45, 7) is 6.15. The average Bonchev–Trinajstić information content (AvgIpc) is 2.75. The van der Waals surface area contributed by atoms with Gasteiger partial charge in [-0.15, -0.1) is 0 Å². The maximum atomic E-state index is 12.4. The van der Waals surface area contributed by atoms with Gasteiger partial charge in [0.05, 0.1) is 5.69 Å². The summed E-state index contributed by atoms with van der Waals surface area (Å²) in [4.78, 5) is 14.7. The van der Waals surface area contributed by atoms with Crippen LogP contribution in [0.4, 0.5) is 5.69 Å². The lowest BCUT2D eigenvalue weighted by atomic mass is 9.99. The number of nitrogens with zero attached hydrogens (tertiary/aromatic N) is 2. The molecular weight excluding hydrogens is 252 g/mol. The molecule has 1 amide bonds. The summed E-state index contributed by atoms with van der Waals surface area (Å²) in [6, 6.07) is 2.55. The van der Waals surface area contributed by atoms with Gasteiger partial charge < -0.3 is 20.5 Å². The second kappa shape index (κ2) is 6.31. The first kappa shape index (κ1) is 14.9. The minimum Gasteiger partial charge on any atom is -0.397 e. The summed E-state index contributed by atoms with van der Waals surface area (Å²) in [5, 5.41) is 3.16. The van der Waals surface area contributed by atoms with Gasteiger partial charge in [-0.1, -0.05) is 6.92 Å². The smallest absolute Gasteiger partial charge is 0.268 e. The number of rotatable bonds is 4. The van der Waals surface area contributed by atoms with E-state index in [2.05, 4.69) is 31.1 Å². The first-order valence-corrected chi connectivity index (χ1v) is 7.48. The van der Waals surface area contributed by atoms with E-state index < -0.39 is 0 Å². The topological polar surface area (TPSA) is 63.3 Å². The number of hydrogen-bond donors (Lipinski definition) is 2. The van der Waals surface area contributed by atoms with Crippen molar-refractivity contribution in [2.75, 3.05) is 19.3 Å². The Hall–Kier alpha value is -1.49. The van der Waals surface area contributed by atoms with E-state index in [9.17, 15) is 4.79 Å². The molecule has 112 valence electrons. The lowest BCUT2D eigenvalue weighted by Crippen LogP contribution is -2.47. The number of nitrogens with one attached hydrogen (secondary N) is 1. The second-order valence-corrected chi connectivity index (χ2v) is 5.88. The van der Waals surface area contributed by atoms with Gasteiger partial charge in [0.25, 0.3) is 5.91 Å². The molecule has 20 heavy (non-hydrogen) atoms. The number of aromatic nitrogens is 1. The van der Waals surface area contributed by atoms with Crippen LogP contribution in [0.25, 0.3) is 0 Å². The second-order valence-electron chi connectivity index (χ2n) is 5.88. The summed E-state index contributed by atoms with van der Waals surface area (Å²) in [6.07, 6.45) is 4.85. The zero-order chi connectivity index (χ0) is 14.7. The van der Waals surface area contributed by atoms with Gasteiger partial charge in [0.1, 0.15) is 5.69 Å². The number of likely N-dealkylation sites (tertiary alicyclic amines) is 1. The summed E-state index contributed by atoms with van der Waals surface area (Å²) >= 11 is 0. The SMILES string of the molecule is CCCn1cc(N)cc1C(=O)NC1CCN(C)C(C)C1.